The molecule has 1 aromatic carbocycles. The summed E-state index contributed by atoms with van der Waals surface area (Å²) >= 11 is 1.67. The fourth-order valence-electron chi connectivity index (χ4n) is 4.42. The number of piperidine rings is 1. The number of hydrogen-bond acceptors (Lipinski definition) is 6. The monoisotopic (exact) mass is 413 g/mol. The lowest BCUT2D eigenvalue weighted by Gasteiger charge is -2.44. The van der Waals surface area contributed by atoms with E-state index < -0.39 is 0 Å². The van der Waals surface area contributed by atoms with E-state index in [1.807, 2.05) is 12.1 Å². The van der Waals surface area contributed by atoms with Crippen molar-refractivity contribution in [3.63, 3.8) is 0 Å². The molecule has 154 valence electrons. The number of hydrogen-bond donors (Lipinski definition) is 0. The first-order valence-corrected chi connectivity index (χ1v) is 11.0. The molecule has 0 aliphatic carbocycles. The molecule has 4 heterocycles. The Morgan fingerprint density at radius 2 is 1.93 bits per heavy atom. The lowest BCUT2D eigenvalue weighted by molar-refractivity contribution is -0.192. The summed E-state index contributed by atoms with van der Waals surface area (Å²) in [6, 6.07) is 8.17. The van der Waals surface area contributed by atoms with Crippen LogP contribution in [0.1, 0.15) is 32.4 Å². The molecule has 0 amide bonds. The molecule has 0 atom stereocenters. The van der Waals surface area contributed by atoms with Crippen LogP contribution in [0.15, 0.2) is 35.8 Å². The number of methoxy groups -OCH3 is 1. The molecule has 29 heavy (non-hydrogen) atoms. The molecular weight excluding hydrogens is 386 g/mol. The Hall–Kier alpha value is -1.93. The molecule has 2 aliphatic rings. The van der Waals surface area contributed by atoms with Gasteiger partial charge in [0.1, 0.15) is 5.75 Å². The van der Waals surface area contributed by atoms with Crippen LogP contribution in [-0.2, 0) is 15.0 Å². The van der Waals surface area contributed by atoms with Crippen LogP contribution >= 0.6 is 11.3 Å². The van der Waals surface area contributed by atoms with Gasteiger partial charge in [0.25, 0.3) is 0 Å². The van der Waals surface area contributed by atoms with E-state index in [1.54, 1.807) is 18.4 Å². The van der Waals surface area contributed by atoms with E-state index in [0.717, 1.165) is 53.6 Å². The molecule has 0 unspecified atom stereocenters. The molecule has 0 N–H and O–H groups in total. The first kappa shape index (κ1) is 19.1. The van der Waals surface area contributed by atoms with Gasteiger partial charge in [-0.05, 0) is 26.0 Å². The van der Waals surface area contributed by atoms with E-state index in [-0.39, 0.29) is 11.3 Å². The van der Waals surface area contributed by atoms with Crippen molar-refractivity contribution in [1.82, 2.24) is 14.3 Å². The molecule has 0 saturated carbocycles. The Morgan fingerprint density at radius 3 is 2.66 bits per heavy atom. The summed E-state index contributed by atoms with van der Waals surface area (Å²) in [6.07, 6.45) is 4.01. The number of fused-ring (bicyclic) bond motifs is 1. The molecular formula is C22H27N3O3S. The number of benzene rings is 1. The van der Waals surface area contributed by atoms with Gasteiger partial charge >= 0.3 is 0 Å². The minimum Gasteiger partial charge on any atom is -0.497 e. The van der Waals surface area contributed by atoms with Gasteiger partial charge < -0.3 is 14.2 Å². The first-order chi connectivity index (χ1) is 14.0. The van der Waals surface area contributed by atoms with Gasteiger partial charge in [0.15, 0.2) is 10.7 Å². The second-order valence-electron chi connectivity index (χ2n) is 8.29. The zero-order valence-corrected chi connectivity index (χ0v) is 18.0. The van der Waals surface area contributed by atoms with Gasteiger partial charge in [0.2, 0.25) is 0 Å². The lowest BCUT2D eigenvalue weighted by Crippen LogP contribution is -2.51. The number of nitrogens with zero attached hydrogens (tertiary/aromatic N) is 3. The molecule has 2 saturated heterocycles. The molecule has 2 aliphatic heterocycles. The first-order valence-electron chi connectivity index (χ1n) is 10.2. The molecule has 6 nitrogen and oxygen atoms in total. The van der Waals surface area contributed by atoms with E-state index >= 15 is 0 Å². The molecule has 5 rings (SSSR count). The third kappa shape index (κ3) is 3.26. The number of aromatic nitrogens is 2. The van der Waals surface area contributed by atoms with Crippen molar-refractivity contribution in [2.24, 2.45) is 0 Å². The maximum absolute atomic E-state index is 5.89. The normalized spacial score (nSPS) is 20.0. The Bertz CT molecular complexity index is 1010. The summed E-state index contributed by atoms with van der Waals surface area (Å²) in [6.45, 7) is 7.85. The third-order valence-corrected chi connectivity index (χ3v) is 7.17. The molecule has 2 fully saturated rings. The second kappa shape index (κ2) is 7.09. The number of likely N-dealkylation sites (tertiary alicyclic amines) is 1. The minimum atomic E-state index is -0.347. The lowest BCUT2D eigenvalue weighted by atomic mass is 9.93. The van der Waals surface area contributed by atoms with Gasteiger partial charge in [-0.15, -0.1) is 11.3 Å². The van der Waals surface area contributed by atoms with Crippen molar-refractivity contribution < 1.29 is 14.2 Å². The van der Waals surface area contributed by atoms with Gasteiger partial charge in [-0.1, -0.05) is 12.1 Å². The highest BCUT2D eigenvalue weighted by Crippen LogP contribution is 2.38. The smallest absolute Gasteiger partial charge is 0.194 e. The third-order valence-electron chi connectivity index (χ3n) is 6.33. The average molecular weight is 414 g/mol. The maximum Gasteiger partial charge on any atom is 0.194 e. The summed E-state index contributed by atoms with van der Waals surface area (Å²) < 4.78 is 19.4. The summed E-state index contributed by atoms with van der Waals surface area (Å²) in [4.78, 5) is 8.50. The van der Waals surface area contributed by atoms with Gasteiger partial charge in [-0.3, -0.25) is 9.30 Å². The Morgan fingerprint density at radius 1 is 1.17 bits per heavy atom. The van der Waals surface area contributed by atoms with Crippen LogP contribution in [0.5, 0.6) is 5.75 Å². The highest BCUT2D eigenvalue weighted by Gasteiger charge is 2.43. The predicted octanol–water partition coefficient (Wildman–Crippen LogP) is 4.15. The van der Waals surface area contributed by atoms with Crippen LogP contribution in [0, 0.1) is 0 Å². The van der Waals surface area contributed by atoms with E-state index in [0.29, 0.717) is 13.2 Å². The summed E-state index contributed by atoms with van der Waals surface area (Å²) in [5.74, 6) is 0.516. The minimum absolute atomic E-state index is 0.155. The van der Waals surface area contributed by atoms with Gasteiger partial charge in [0.05, 0.1) is 37.3 Å². The Balaban J connectivity index is 1.42. The van der Waals surface area contributed by atoms with Crippen molar-refractivity contribution in [2.45, 2.75) is 38.0 Å². The molecule has 0 radical (unpaired) electrons. The second-order valence-corrected chi connectivity index (χ2v) is 9.12. The summed E-state index contributed by atoms with van der Waals surface area (Å²) in [5, 5.41) is 2.16. The summed E-state index contributed by atoms with van der Waals surface area (Å²) in [5.41, 5.74) is 3.21. The van der Waals surface area contributed by atoms with E-state index in [1.165, 1.54) is 0 Å². The topological polar surface area (TPSA) is 48.2 Å². The summed E-state index contributed by atoms with van der Waals surface area (Å²) in [7, 11) is 1.70. The largest absolute Gasteiger partial charge is 0.497 e. The highest BCUT2D eigenvalue weighted by molar-refractivity contribution is 7.15. The SMILES string of the molecule is COc1cccc(-c2csc3nc(C(C)(C)N4CCC5(CC4)OCCO5)cn23)c1. The molecule has 1 spiro atoms. The van der Waals surface area contributed by atoms with Gasteiger partial charge in [-0.2, -0.15) is 0 Å². The van der Waals surface area contributed by atoms with E-state index in [4.69, 9.17) is 19.2 Å². The van der Waals surface area contributed by atoms with Crippen LogP contribution in [0.2, 0.25) is 0 Å². The molecule has 7 heteroatoms. The molecule has 3 aromatic rings. The van der Waals surface area contributed by atoms with Crippen molar-refractivity contribution >= 4 is 16.3 Å². The zero-order valence-electron chi connectivity index (χ0n) is 17.2. The Labute approximate surface area is 175 Å². The number of thiazole rings is 1. The quantitative estimate of drug-likeness (QED) is 0.643. The molecule has 2 aromatic heterocycles. The zero-order chi connectivity index (χ0) is 20.1. The van der Waals surface area contributed by atoms with Crippen LogP contribution in [-0.4, -0.2) is 53.5 Å². The number of rotatable bonds is 4. The fraction of sp³-hybridized carbons (Fsp3) is 0.500. The standard InChI is InChI=1S/C22H27N3O3S/c1-21(2,24-9-7-22(8-10-24)27-11-12-28-22)19-14-25-18(15-29-20(25)23-19)16-5-4-6-17(13-16)26-3/h4-6,13-15H,7-12H2,1-3H3. The maximum atomic E-state index is 5.89. The van der Waals surface area contributed by atoms with E-state index in [9.17, 15) is 0 Å². The number of ether oxygens (including phenoxy) is 3. The van der Waals surface area contributed by atoms with Crippen molar-refractivity contribution in [3.8, 4) is 17.0 Å². The van der Waals surface area contributed by atoms with Crippen molar-refractivity contribution in [1.29, 1.82) is 0 Å². The average Bonchev–Trinajstić information content (AvgIpc) is 3.45. The van der Waals surface area contributed by atoms with Crippen LogP contribution < -0.4 is 4.74 Å². The van der Waals surface area contributed by atoms with Crippen LogP contribution in [0.4, 0.5) is 0 Å². The van der Waals surface area contributed by atoms with Gasteiger partial charge in [0, 0.05) is 43.1 Å². The molecule has 0 bridgehead atoms. The van der Waals surface area contributed by atoms with Crippen LogP contribution in [0.25, 0.3) is 16.2 Å². The van der Waals surface area contributed by atoms with Crippen molar-refractivity contribution in [3.05, 3.63) is 41.5 Å². The fourth-order valence-corrected chi connectivity index (χ4v) is 5.31. The van der Waals surface area contributed by atoms with Crippen LogP contribution in [0.3, 0.4) is 0 Å². The van der Waals surface area contributed by atoms with E-state index in [2.05, 4.69) is 46.9 Å². The predicted molar refractivity (Wildman–Crippen MR) is 114 cm³/mol. The van der Waals surface area contributed by atoms with Crippen molar-refractivity contribution in [2.75, 3.05) is 33.4 Å². The highest BCUT2D eigenvalue weighted by atomic mass is 32.1. The Kier molecular flexibility index (Phi) is 4.66. The van der Waals surface area contributed by atoms with Gasteiger partial charge in [-0.25, -0.2) is 4.98 Å². The number of imidazole rings is 1.